The zero-order chi connectivity index (χ0) is 12.8. The first-order valence-corrected chi connectivity index (χ1v) is 4.62. The lowest BCUT2D eigenvalue weighted by atomic mass is 10.1. The van der Waals surface area contributed by atoms with Crippen molar-refractivity contribution >= 4 is 25.3 Å². The summed E-state index contributed by atoms with van der Waals surface area (Å²) in [6.45, 7) is 0. The molecule has 0 aliphatic rings. The van der Waals surface area contributed by atoms with E-state index in [1.54, 1.807) is 0 Å². The molecule has 0 bridgehead atoms. The van der Waals surface area contributed by atoms with E-state index in [1.165, 1.54) is 12.1 Å². The van der Waals surface area contributed by atoms with E-state index in [4.69, 9.17) is 0 Å². The third kappa shape index (κ3) is 1.98. The van der Waals surface area contributed by atoms with Crippen molar-refractivity contribution in [2.24, 2.45) is 0 Å². The standard InChI is InChI=1S/C7H5B2F6N2/c10-8(11,12)16-5-17(9(13,14)15)7-4-2-1-3-6(7)16/h1-5H/q-1. The maximum atomic E-state index is 12.6. The van der Waals surface area contributed by atoms with Gasteiger partial charge >= 0.3 is 14.2 Å². The Morgan fingerprint density at radius 2 is 1.53 bits per heavy atom. The number of hydrogen-bond acceptors (Lipinski definition) is 0. The second-order valence-electron chi connectivity index (χ2n) is 3.50. The molecular weight excluding hydrogens is 248 g/mol. The minimum absolute atomic E-state index is 0.0463. The van der Waals surface area contributed by atoms with Crippen molar-refractivity contribution in [3.05, 3.63) is 30.6 Å². The second-order valence-corrected chi connectivity index (χ2v) is 3.50. The predicted molar refractivity (Wildman–Crippen MR) is 51.1 cm³/mol. The summed E-state index contributed by atoms with van der Waals surface area (Å²) in [4.78, 5) is 0. The minimum atomic E-state index is -5.54. The van der Waals surface area contributed by atoms with Gasteiger partial charge in [0.05, 0.1) is 0 Å². The van der Waals surface area contributed by atoms with Gasteiger partial charge in [-0.2, -0.15) is 0 Å². The Kier molecular flexibility index (Phi) is 2.41. The van der Waals surface area contributed by atoms with Crippen LogP contribution in [-0.2, 0) is 0 Å². The number of para-hydroxylation sites is 2. The molecule has 2 aromatic rings. The van der Waals surface area contributed by atoms with Crippen LogP contribution >= 0.6 is 0 Å². The van der Waals surface area contributed by atoms with E-state index >= 15 is 0 Å². The van der Waals surface area contributed by atoms with Gasteiger partial charge in [0.25, 0.3) is 0 Å². The van der Waals surface area contributed by atoms with Crippen molar-refractivity contribution < 1.29 is 30.4 Å². The Hall–Kier alpha value is -1.60. The third-order valence-electron chi connectivity index (χ3n) is 2.32. The Labute approximate surface area is 91.6 Å². The van der Waals surface area contributed by atoms with Crippen LogP contribution in [0, 0.1) is 0 Å². The van der Waals surface area contributed by atoms with Crippen LogP contribution in [0.2, 0.25) is 0 Å². The topological polar surface area (TPSA) is 8.81 Å². The molecule has 1 aromatic heterocycles. The van der Waals surface area contributed by atoms with Gasteiger partial charge in [0.2, 0.25) is 0 Å². The van der Waals surface area contributed by atoms with Crippen LogP contribution in [0.5, 0.6) is 0 Å². The van der Waals surface area contributed by atoms with Crippen molar-refractivity contribution in [1.82, 2.24) is 4.48 Å². The minimum Gasteiger partial charge on any atom is -0.404 e. The van der Waals surface area contributed by atoms with Gasteiger partial charge in [0.15, 0.2) is 6.33 Å². The molecule has 0 atom stereocenters. The van der Waals surface area contributed by atoms with Crippen molar-refractivity contribution in [3.8, 4) is 0 Å². The highest BCUT2D eigenvalue weighted by Gasteiger charge is 2.42. The maximum absolute atomic E-state index is 12.6. The van der Waals surface area contributed by atoms with E-state index in [-0.39, 0.29) is 15.3 Å². The first-order valence-electron chi connectivity index (χ1n) is 4.62. The van der Waals surface area contributed by atoms with Crippen LogP contribution in [-0.4, -0.2) is 18.7 Å². The molecule has 0 saturated carbocycles. The Bertz CT molecular complexity index is 509. The van der Waals surface area contributed by atoms with E-state index in [9.17, 15) is 25.9 Å². The number of halogens is 6. The normalized spacial score (nSPS) is 13.3. The summed E-state index contributed by atoms with van der Waals surface area (Å²) in [6.07, 6.45) is 0.0463. The molecule has 0 saturated heterocycles. The fraction of sp³-hybridized carbons (Fsp3) is 0. The van der Waals surface area contributed by atoms with Crippen molar-refractivity contribution in [3.63, 3.8) is 0 Å². The van der Waals surface area contributed by atoms with Gasteiger partial charge in [-0.15, -0.1) is 0 Å². The molecule has 0 aliphatic heterocycles. The lowest BCUT2D eigenvalue weighted by Gasteiger charge is -2.11. The first kappa shape index (κ1) is 11.9. The van der Waals surface area contributed by atoms with Gasteiger partial charge in [-0.25, -0.2) is 0 Å². The number of aromatic nitrogens is 2. The van der Waals surface area contributed by atoms with Gasteiger partial charge < -0.3 is 34.9 Å². The SMILES string of the molecule is F[B-](F)(F)n1c[n+]([B-](F)(F)F)c2ccccc21. The van der Waals surface area contributed by atoms with Crippen LogP contribution in [0.15, 0.2) is 30.6 Å². The monoisotopic (exact) mass is 253 g/mol. The lowest BCUT2D eigenvalue weighted by molar-refractivity contribution is -0.548. The summed E-state index contributed by atoms with van der Waals surface area (Å²) in [5.41, 5.74) is -1.00. The average Bonchev–Trinajstić information content (AvgIpc) is 2.55. The molecule has 10 heteroatoms. The number of imidazole rings is 1. The summed E-state index contributed by atoms with van der Waals surface area (Å²) >= 11 is 0. The molecule has 17 heavy (non-hydrogen) atoms. The molecule has 92 valence electrons. The van der Waals surface area contributed by atoms with Crippen molar-refractivity contribution in [2.75, 3.05) is 0 Å². The number of fused-ring (bicyclic) bond motifs is 1. The molecule has 0 N–H and O–H groups in total. The van der Waals surface area contributed by atoms with Crippen molar-refractivity contribution in [1.29, 1.82) is 0 Å². The highest BCUT2D eigenvalue weighted by molar-refractivity contribution is 6.58. The highest BCUT2D eigenvalue weighted by Crippen LogP contribution is 2.21. The summed E-state index contributed by atoms with van der Waals surface area (Å²) < 4.78 is 74.9. The Morgan fingerprint density at radius 1 is 0.941 bits per heavy atom. The quantitative estimate of drug-likeness (QED) is 0.573. The summed E-state index contributed by atoms with van der Waals surface area (Å²) in [5.74, 6) is 0. The molecule has 0 aliphatic carbocycles. The molecule has 1 aromatic carbocycles. The zero-order valence-electron chi connectivity index (χ0n) is 8.20. The second kappa shape index (κ2) is 3.44. The van der Waals surface area contributed by atoms with Gasteiger partial charge in [-0.1, -0.05) is 12.1 Å². The fourth-order valence-electron chi connectivity index (χ4n) is 1.63. The Balaban J connectivity index is 2.81. The molecule has 2 rings (SSSR count). The molecule has 1 heterocycles. The van der Waals surface area contributed by atoms with Crippen LogP contribution < -0.4 is 4.48 Å². The number of benzene rings is 1. The van der Waals surface area contributed by atoms with Crippen LogP contribution in [0.3, 0.4) is 0 Å². The van der Waals surface area contributed by atoms with E-state index in [0.717, 1.165) is 12.1 Å². The van der Waals surface area contributed by atoms with Gasteiger partial charge in [0, 0.05) is 0 Å². The number of hydrogen-bond donors (Lipinski definition) is 0. The average molecular weight is 253 g/mol. The molecule has 0 fully saturated rings. The lowest BCUT2D eigenvalue weighted by Crippen LogP contribution is -2.55. The highest BCUT2D eigenvalue weighted by atomic mass is 19.4. The fourth-order valence-corrected chi connectivity index (χ4v) is 1.63. The summed E-state index contributed by atoms with van der Waals surface area (Å²) in [5, 5.41) is 0. The molecule has 0 radical (unpaired) electrons. The molecule has 0 unspecified atom stereocenters. The maximum Gasteiger partial charge on any atom is 0.710 e. The Morgan fingerprint density at radius 3 is 2.06 bits per heavy atom. The number of nitrogens with zero attached hydrogens (tertiary/aromatic N) is 2. The molecule has 2 nitrogen and oxygen atoms in total. The largest absolute Gasteiger partial charge is 0.710 e. The van der Waals surface area contributed by atoms with Gasteiger partial charge in [0.1, 0.15) is 11.0 Å². The smallest absolute Gasteiger partial charge is 0.404 e. The first-order chi connectivity index (χ1) is 7.71. The number of rotatable bonds is 2. The van der Waals surface area contributed by atoms with Gasteiger partial charge in [-0.05, 0) is 12.1 Å². The van der Waals surface area contributed by atoms with E-state index < -0.39 is 25.3 Å². The van der Waals surface area contributed by atoms with Crippen molar-refractivity contribution in [2.45, 2.75) is 0 Å². The van der Waals surface area contributed by atoms with Crippen LogP contribution in [0.1, 0.15) is 0 Å². The van der Waals surface area contributed by atoms with Crippen LogP contribution in [0.25, 0.3) is 11.0 Å². The summed E-state index contributed by atoms with van der Waals surface area (Å²) in [7, 11) is -11.1. The van der Waals surface area contributed by atoms with E-state index in [2.05, 4.69) is 0 Å². The molecule has 0 spiro atoms. The molecule has 0 amide bonds. The zero-order valence-corrected chi connectivity index (χ0v) is 8.20. The predicted octanol–water partition coefficient (Wildman–Crippen LogP) is 2.31. The summed E-state index contributed by atoms with van der Waals surface area (Å²) in [6, 6.07) is 4.52. The molecular formula is C7H5B2F6N2-. The third-order valence-corrected chi connectivity index (χ3v) is 2.32. The van der Waals surface area contributed by atoms with E-state index in [0.29, 0.717) is 0 Å². The van der Waals surface area contributed by atoms with Gasteiger partial charge in [-0.3, -0.25) is 0 Å². The van der Waals surface area contributed by atoms with Crippen LogP contribution in [0.4, 0.5) is 25.9 Å². The van der Waals surface area contributed by atoms with E-state index in [1.807, 2.05) is 0 Å².